The van der Waals surface area contributed by atoms with E-state index in [1.807, 2.05) is 48.5 Å². The molecule has 174 valence electrons. The number of thioether (sulfide) groups is 1. The van der Waals surface area contributed by atoms with E-state index < -0.39 is 34.7 Å². The molecule has 2 atom stereocenters. The summed E-state index contributed by atoms with van der Waals surface area (Å²) in [5, 5.41) is 7.60. The van der Waals surface area contributed by atoms with Gasteiger partial charge in [0.15, 0.2) is 0 Å². The Kier molecular flexibility index (Phi) is 7.22. The zero-order valence-corrected chi connectivity index (χ0v) is 18.7. The summed E-state index contributed by atoms with van der Waals surface area (Å²) in [5.74, 6) is -3.09. The lowest BCUT2D eigenvalue weighted by molar-refractivity contribution is -0.128. The highest BCUT2D eigenvalue weighted by Crippen LogP contribution is 2.43. The number of hydrogen-bond donors (Lipinski definition) is 3. The van der Waals surface area contributed by atoms with E-state index in [1.54, 1.807) is 6.07 Å². The first-order chi connectivity index (χ1) is 16.4. The van der Waals surface area contributed by atoms with Gasteiger partial charge in [0.2, 0.25) is 17.7 Å². The minimum atomic E-state index is -0.901. The van der Waals surface area contributed by atoms with Crippen molar-refractivity contribution in [3.05, 3.63) is 95.6 Å². The van der Waals surface area contributed by atoms with Crippen LogP contribution < -0.4 is 16.0 Å². The van der Waals surface area contributed by atoms with E-state index in [4.69, 9.17) is 0 Å². The van der Waals surface area contributed by atoms with Gasteiger partial charge in [0.1, 0.15) is 17.7 Å². The second-order valence-corrected chi connectivity index (χ2v) is 8.89. The lowest BCUT2D eigenvalue weighted by Crippen LogP contribution is -2.49. The van der Waals surface area contributed by atoms with Crippen LogP contribution in [0.4, 0.5) is 14.5 Å². The summed E-state index contributed by atoms with van der Waals surface area (Å²) in [6.07, 6.45) is -0.288. The Balaban J connectivity index is 1.44. The second-order valence-electron chi connectivity index (χ2n) is 7.71. The SMILES string of the molecule is O=C(Cc1cc(F)cc(F)c1)NCC(=O)N[C@@H]1C(=O)Nc2ccccc2S[C@@H]1c1ccccc1. The molecule has 0 saturated carbocycles. The molecular formula is C25H21F2N3O3S. The number of nitrogens with one attached hydrogen (secondary N) is 3. The Morgan fingerprint density at radius 2 is 1.59 bits per heavy atom. The molecule has 3 N–H and O–H groups in total. The van der Waals surface area contributed by atoms with Crippen molar-refractivity contribution in [3.63, 3.8) is 0 Å². The summed E-state index contributed by atoms with van der Waals surface area (Å²) in [6, 6.07) is 18.7. The summed E-state index contributed by atoms with van der Waals surface area (Å²) in [6.45, 7) is -0.389. The van der Waals surface area contributed by atoms with Crippen LogP contribution in [0.5, 0.6) is 0 Å². The van der Waals surface area contributed by atoms with Crippen LogP contribution in [0, 0.1) is 11.6 Å². The van der Waals surface area contributed by atoms with Gasteiger partial charge in [0, 0.05) is 11.0 Å². The monoisotopic (exact) mass is 481 g/mol. The molecule has 9 heteroatoms. The molecule has 0 aliphatic carbocycles. The third-order valence-electron chi connectivity index (χ3n) is 5.16. The van der Waals surface area contributed by atoms with Gasteiger partial charge in [-0.2, -0.15) is 0 Å². The van der Waals surface area contributed by atoms with E-state index in [9.17, 15) is 23.2 Å². The van der Waals surface area contributed by atoms with Crippen molar-refractivity contribution in [2.24, 2.45) is 0 Å². The molecule has 3 aromatic rings. The molecule has 1 aliphatic rings. The topological polar surface area (TPSA) is 87.3 Å². The lowest BCUT2D eigenvalue weighted by Gasteiger charge is -2.24. The van der Waals surface area contributed by atoms with Crippen LogP contribution in [0.25, 0.3) is 0 Å². The number of amides is 3. The molecule has 0 saturated heterocycles. The quantitative estimate of drug-likeness (QED) is 0.502. The highest BCUT2D eigenvalue weighted by molar-refractivity contribution is 7.99. The zero-order chi connectivity index (χ0) is 24.1. The number of fused-ring (bicyclic) bond motifs is 1. The smallest absolute Gasteiger partial charge is 0.248 e. The summed E-state index contributed by atoms with van der Waals surface area (Å²) in [7, 11) is 0. The van der Waals surface area contributed by atoms with Gasteiger partial charge in [-0.3, -0.25) is 14.4 Å². The highest BCUT2D eigenvalue weighted by atomic mass is 32.2. The molecule has 0 unspecified atom stereocenters. The van der Waals surface area contributed by atoms with E-state index in [2.05, 4.69) is 16.0 Å². The molecule has 1 aliphatic heterocycles. The number of rotatable bonds is 6. The van der Waals surface area contributed by atoms with Gasteiger partial charge in [-0.25, -0.2) is 8.78 Å². The molecule has 3 amide bonds. The first kappa shape index (κ1) is 23.4. The van der Waals surface area contributed by atoms with E-state index in [0.717, 1.165) is 22.6 Å². The molecule has 3 aromatic carbocycles. The number of benzene rings is 3. The third-order valence-corrected chi connectivity index (χ3v) is 6.57. The van der Waals surface area contributed by atoms with Crippen molar-refractivity contribution >= 4 is 35.2 Å². The first-order valence-corrected chi connectivity index (χ1v) is 11.4. The van der Waals surface area contributed by atoms with Crippen molar-refractivity contribution in [2.75, 3.05) is 11.9 Å². The van der Waals surface area contributed by atoms with E-state index in [0.29, 0.717) is 11.8 Å². The summed E-state index contributed by atoms with van der Waals surface area (Å²) in [4.78, 5) is 38.7. The molecule has 0 aromatic heterocycles. The summed E-state index contributed by atoms with van der Waals surface area (Å²) in [5.41, 5.74) is 1.67. The molecule has 34 heavy (non-hydrogen) atoms. The van der Waals surface area contributed by atoms with Gasteiger partial charge in [0.05, 0.1) is 23.9 Å². The maximum atomic E-state index is 13.3. The van der Waals surface area contributed by atoms with Gasteiger partial charge in [0.25, 0.3) is 0 Å². The Hall–Kier alpha value is -3.72. The standard InChI is InChI=1S/C25H21F2N3O3S/c26-17-10-15(11-18(27)13-17)12-21(31)28-14-22(32)30-23-24(16-6-2-1-3-7-16)34-20-9-5-4-8-19(20)29-25(23)33/h1-11,13,23-24H,12,14H2,(H,28,31)(H,29,33)(H,30,32)/t23-,24+/m0/s1. The van der Waals surface area contributed by atoms with Crippen LogP contribution in [0.2, 0.25) is 0 Å². The number of halogens is 2. The van der Waals surface area contributed by atoms with Crippen molar-refractivity contribution in [3.8, 4) is 0 Å². The van der Waals surface area contributed by atoms with Crippen LogP contribution in [-0.2, 0) is 20.8 Å². The lowest BCUT2D eigenvalue weighted by atomic mass is 10.0. The third kappa shape index (κ3) is 5.79. The Labute approximate surface area is 199 Å². The average Bonchev–Trinajstić information content (AvgIpc) is 2.94. The molecule has 6 nitrogen and oxygen atoms in total. The van der Waals surface area contributed by atoms with Crippen LogP contribution in [0.1, 0.15) is 16.4 Å². The van der Waals surface area contributed by atoms with Crippen molar-refractivity contribution in [2.45, 2.75) is 22.6 Å². The van der Waals surface area contributed by atoms with Crippen LogP contribution in [0.15, 0.2) is 77.7 Å². The number of anilines is 1. The molecule has 1 heterocycles. The fourth-order valence-electron chi connectivity index (χ4n) is 3.63. The number of carbonyl (C=O) groups excluding carboxylic acids is 3. The Morgan fingerprint density at radius 1 is 0.912 bits per heavy atom. The maximum absolute atomic E-state index is 13.3. The average molecular weight is 482 g/mol. The number of para-hydroxylation sites is 1. The molecule has 0 spiro atoms. The van der Waals surface area contributed by atoms with Crippen LogP contribution in [-0.4, -0.2) is 30.3 Å². The van der Waals surface area contributed by atoms with Crippen LogP contribution in [0.3, 0.4) is 0 Å². The van der Waals surface area contributed by atoms with E-state index >= 15 is 0 Å². The number of carbonyl (C=O) groups is 3. The summed E-state index contributed by atoms with van der Waals surface area (Å²) >= 11 is 1.46. The van der Waals surface area contributed by atoms with Crippen LogP contribution >= 0.6 is 11.8 Å². The molecular weight excluding hydrogens is 460 g/mol. The fraction of sp³-hybridized carbons (Fsp3) is 0.160. The van der Waals surface area contributed by atoms with Crippen molar-refractivity contribution < 1.29 is 23.2 Å². The molecule has 0 bridgehead atoms. The molecule has 4 rings (SSSR count). The number of hydrogen-bond acceptors (Lipinski definition) is 4. The minimum absolute atomic E-state index is 0.150. The summed E-state index contributed by atoms with van der Waals surface area (Å²) < 4.78 is 26.6. The predicted octanol–water partition coefficient (Wildman–Crippen LogP) is 3.59. The Morgan fingerprint density at radius 3 is 2.32 bits per heavy atom. The van der Waals surface area contributed by atoms with Gasteiger partial charge in [-0.05, 0) is 35.4 Å². The first-order valence-electron chi connectivity index (χ1n) is 10.5. The second kappa shape index (κ2) is 10.5. The van der Waals surface area contributed by atoms with Gasteiger partial charge < -0.3 is 16.0 Å². The van der Waals surface area contributed by atoms with Crippen molar-refractivity contribution in [1.29, 1.82) is 0 Å². The Bertz CT molecular complexity index is 1200. The van der Waals surface area contributed by atoms with E-state index in [-0.39, 0.29) is 24.4 Å². The molecule has 0 radical (unpaired) electrons. The largest absolute Gasteiger partial charge is 0.347 e. The normalized spacial score (nSPS) is 17.2. The van der Waals surface area contributed by atoms with Gasteiger partial charge >= 0.3 is 0 Å². The minimum Gasteiger partial charge on any atom is -0.347 e. The maximum Gasteiger partial charge on any atom is 0.248 e. The zero-order valence-electron chi connectivity index (χ0n) is 17.9. The predicted molar refractivity (Wildman–Crippen MR) is 125 cm³/mol. The van der Waals surface area contributed by atoms with Gasteiger partial charge in [-0.1, -0.05) is 42.5 Å². The molecule has 0 fully saturated rings. The van der Waals surface area contributed by atoms with E-state index in [1.165, 1.54) is 11.8 Å². The van der Waals surface area contributed by atoms with Gasteiger partial charge in [-0.15, -0.1) is 11.8 Å². The fourth-order valence-corrected chi connectivity index (χ4v) is 4.93. The highest BCUT2D eigenvalue weighted by Gasteiger charge is 2.35. The van der Waals surface area contributed by atoms with Crippen molar-refractivity contribution in [1.82, 2.24) is 10.6 Å².